The zero-order valence-electron chi connectivity index (χ0n) is 17.5. The summed E-state index contributed by atoms with van der Waals surface area (Å²) in [6.45, 7) is 3.66. The Morgan fingerprint density at radius 3 is 2.14 bits per heavy atom. The second-order valence-corrected chi connectivity index (χ2v) is 9.83. The number of likely N-dealkylation sites (N-methyl/N-ethyl adjacent to an activating group) is 1. The van der Waals surface area contributed by atoms with Gasteiger partial charge >= 0.3 is 0 Å². The predicted molar refractivity (Wildman–Crippen MR) is 117 cm³/mol. The van der Waals surface area contributed by atoms with E-state index >= 15 is 0 Å². The van der Waals surface area contributed by atoms with E-state index in [9.17, 15) is 13.2 Å². The first-order valence-corrected chi connectivity index (χ1v) is 11.6. The largest absolute Gasteiger partial charge is 0.341 e. The fraction of sp³-hybridized carbons (Fsp3) is 0.435. The first-order chi connectivity index (χ1) is 13.8. The summed E-state index contributed by atoms with van der Waals surface area (Å²) in [5, 5.41) is 0. The molecule has 0 bridgehead atoms. The Balaban J connectivity index is 1.95. The van der Waals surface area contributed by atoms with Gasteiger partial charge in [-0.05, 0) is 62.1 Å². The lowest BCUT2D eigenvalue weighted by molar-refractivity contribution is -0.130. The highest BCUT2D eigenvalue weighted by Crippen LogP contribution is 2.27. The molecule has 29 heavy (non-hydrogen) atoms. The second kappa shape index (κ2) is 8.99. The maximum atomic E-state index is 13.4. The van der Waals surface area contributed by atoms with Gasteiger partial charge in [-0.25, -0.2) is 8.42 Å². The summed E-state index contributed by atoms with van der Waals surface area (Å²) < 4.78 is 28.1. The maximum Gasteiger partial charge on any atom is 0.264 e. The van der Waals surface area contributed by atoms with Crippen molar-refractivity contribution in [1.82, 2.24) is 4.90 Å². The standard InChI is InChI=1S/C23H30N2O3S/c1-18-14-19(2)16-21(15-18)25(29(27,28)22-12-8-5-9-13-22)17-23(26)24(3)20-10-6-4-7-11-20/h5,8-9,12-16,20H,4,6-7,10-11,17H2,1-3H3. The highest BCUT2D eigenvalue weighted by atomic mass is 32.2. The van der Waals surface area contributed by atoms with Crippen LogP contribution in [0.5, 0.6) is 0 Å². The molecule has 6 heteroatoms. The van der Waals surface area contributed by atoms with Gasteiger partial charge in [0.05, 0.1) is 10.6 Å². The minimum atomic E-state index is -3.86. The van der Waals surface area contributed by atoms with Crippen LogP contribution in [0.1, 0.15) is 43.2 Å². The summed E-state index contributed by atoms with van der Waals surface area (Å²) in [5.74, 6) is -0.171. The number of rotatable bonds is 6. The molecule has 1 aliphatic carbocycles. The van der Waals surface area contributed by atoms with Crippen LogP contribution in [0.25, 0.3) is 0 Å². The molecule has 3 rings (SSSR count). The van der Waals surface area contributed by atoms with Crippen molar-refractivity contribution in [3.63, 3.8) is 0 Å². The third-order valence-corrected chi connectivity index (χ3v) is 7.41. The van der Waals surface area contributed by atoms with Crippen LogP contribution in [0.4, 0.5) is 5.69 Å². The Kier molecular flexibility index (Phi) is 6.63. The molecule has 156 valence electrons. The summed E-state index contributed by atoms with van der Waals surface area (Å²) >= 11 is 0. The van der Waals surface area contributed by atoms with E-state index in [4.69, 9.17) is 0 Å². The zero-order chi connectivity index (χ0) is 21.0. The number of carbonyl (C=O) groups is 1. The molecule has 0 radical (unpaired) electrons. The molecule has 0 heterocycles. The maximum absolute atomic E-state index is 13.4. The average Bonchev–Trinajstić information content (AvgIpc) is 2.71. The Bertz CT molecular complexity index is 931. The Labute approximate surface area is 174 Å². The number of carbonyl (C=O) groups excluding carboxylic acids is 1. The number of sulfonamides is 1. The number of anilines is 1. The minimum absolute atomic E-state index is 0.171. The number of hydrogen-bond acceptors (Lipinski definition) is 3. The van der Waals surface area contributed by atoms with E-state index in [2.05, 4.69) is 0 Å². The minimum Gasteiger partial charge on any atom is -0.341 e. The van der Waals surface area contributed by atoms with Crippen molar-refractivity contribution in [2.45, 2.75) is 56.9 Å². The highest BCUT2D eigenvalue weighted by Gasteiger charge is 2.30. The second-order valence-electron chi connectivity index (χ2n) is 7.97. The van der Waals surface area contributed by atoms with Gasteiger partial charge in [-0.15, -0.1) is 0 Å². The van der Waals surface area contributed by atoms with Gasteiger partial charge < -0.3 is 4.90 Å². The quantitative estimate of drug-likeness (QED) is 0.708. The van der Waals surface area contributed by atoms with Crippen LogP contribution in [0.3, 0.4) is 0 Å². The predicted octanol–water partition coefficient (Wildman–Crippen LogP) is 4.29. The van der Waals surface area contributed by atoms with Crippen LogP contribution in [0.15, 0.2) is 53.4 Å². The summed E-state index contributed by atoms with van der Waals surface area (Å²) in [6.07, 6.45) is 5.40. The van der Waals surface area contributed by atoms with Crippen LogP contribution in [0.2, 0.25) is 0 Å². The molecule has 0 saturated heterocycles. The number of aryl methyl sites for hydroxylation is 2. The van der Waals surface area contributed by atoms with Gasteiger partial charge in [0.2, 0.25) is 5.91 Å². The van der Waals surface area contributed by atoms with E-state index in [1.807, 2.05) is 32.0 Å². The van der Waals surface area contributed by atoms with Crippen molar-refractivity contribution in [2.24, 2.45) is 0 Å². The van der Waals surface area contributed by atoms with Gasteiger partial charge in [-0.3, -0.25) is 9.10 Å². The van der Waals surface area contributed by atoms with E-state index in [1.165, 1.54) is 10.7 Å². The van der Waals surface area contributed by atoms with Gasteiger partial charge in [0.25, 0.3) is 10.0 Å². The molecule has 2 aromatic rings. The van der Waals surface area contributed by atoms with Crippen molar-refractivity contribution < 1.29 is 13.2 Å². The Morgan fingerprint density at radius 1 is 0.966 bits per heavy atom. The number of amides is 1. The lowest BCUT2D eigenvalue weighted by Gasteiger charge is -2.33. The first-order valence-electron chi connectivity index (χ1n) is 10.2. The van der Waals surface area contributed by atoms with E-state index in [0.717, 1.165) is 36.8 Å². The van der Waals surface area contributed by atoms with Crippen molar-refractivity contribution >= 4 is 21.6 Å². The van der Waals surface area contributed by atoms with Crippen molar-refractivity contribution in [2.75, 3.05) is 17.9 Å². The average molecular weight is 415 g/mol. The highest BCUT2D eigenvalue weighted by molar-refractivity contribution is 7.92. The normalized spacial score (nSPS) is 15.1. The van der Waals surface area contributed by atoms with E-state index in [-0.39, 0.29) is 23.4 Å². The van der Waals surface area contributed by atoms with E-state index in [0.29, 0.717) is 5.69 Å². The number of benzene rings is 2. The molecule has 1 amide bonds. The Morgan fingerprint density at radius 2 is 1.55 bits per heavy atom. The molecule has 5 nitrogen and oxygen atoms in total. The third kappa shape index (κ3) is 4.99. The number of hydrogen-bond donors (Lipinski definition) is 0. The molecule has 0 unspecified atom stereocenters. The van der Waals surface area contributed by atoms with Crippen molar-refractivity contribution in [1.29, 1.82) is 0 Å². The fourth-order valence-electron chi connectivity index (χ4n) is 4.04. The molecular weight excluding hydrogens is 384 g/mol. The molecule has 0 aromatic heterocycles. The number of nitrogens with zero attached hydrogens (tertiary/aromatic N) is 2. The Hall–Kier alpha value is -2.34. The fourth-order valence-corrected chi connectivity index (χ4v) is 5.45. The first kappa shape index (κ1) is 21.4. The van der Waals surface area contributed by atoms with Crippen molar-refractivity contribution in [3.8, 4) is 0 Å². The van der Waals surface area contributed by atoms with Gasteiger partial charge in [0, 0.05) is 13.1 Å². The van der Waals surface area contributed by atoms with Crippen LogP contribution >= 0.6 is 0 Å². The summed E-state index contributed by atoms with van der Waals surface area (Å²) in [5.41, 5.74) is 2.44. The monoisotopic (exact) mass is 414 g/mol. The molecular formula is C23H30N2O3S. The van der Waals surface area contributed by atoms with E-state index < -0.39 is 10.0 Å². The van der Waals surface area contributed by atoms with Gasteiger partial charge in [0.15, 0.2) is 0 Å². The molecule has 1 saturated carbocycles. The van der Waals surface area contributed by atoms with Gasteiger partial charge in [-0.1, -0.05) is 43.5 Å². The van der Waals surface area contributed by atoms with Crippen LogP contribution in [-0.2, 0) is 14.8 Å². The lowest BCUT2D eigenvalue weighted by Crippen LogP contribution is -2.46. The van der Waals surface area contributed by atoms with Crippen LogP contribution < -0.4 is 4.31 Å². The topological polar surface area (TPSA) is 57.7 Å². The summed E-state index contributed by atoms with van der Waals surface area (Å²) in [7, 11) is -2.06. The SMILES string of the molecule is Cc1cc(C)cc(N(CC(=O)N(C)C2CCCCC2)S(=O)(=O)c2ccccc2)c1. The summed E-state index contributed by atoms with van der Waals surface area (Å²) in [4.78, 5) is 15.0. The molecule has 0 N–H and O–H groups in total. The molecule has 0 spiro atoms. The zero-order valence-corrected chi connectivity index (χ0v) is 18.3. The van der Waals surface area contributed by atoms with Gasteiger partial charge in [-0.2, -0.15) is 0 Å². The van der Waals surface area contributed by atoms with Crippen LogP contribution in [0, 0.1) is 13.8 Å². The third-order valence-electron chi connectivity index (χ3n) is 5.62. The molecule has 0 aliphatic heterocycles. The molecule has 1 aliphatic rings. The molecule has 1 fully saturated rings. The summed E-state index contributed by atoms with van der Waals surface area (Å²) in [6, 6.07) is 14.1. The lowest BCUT2D eigenvalue weighted by atomic mass is 9.94. The smallest absolute Gasteiger partial charge is 0.264 e. The molecule has 0 atom stereocenters. The van der Waals surface area contributed by atoms with Crippen molar-refractivity contribution in [3.05, 3.63) is 59.7 Å². The van der Waals surface area contributed by atoms with Crippen LogP contribution in [-0.4, -0.2) is 38.9 Å². The molecule has 2 aromatic carbocycles. The van der Waals surface area contributed by atoms with Gasteiger partial charge in [0.1, 0.15) is 6.54 Å². The van der Waals surface area contributed by atoms with E-state index in [1.54, 1.807) is 42.3 Å².